The Morgan fingerprint density at radius 2 is 2.30 bits per heavy atom. The molecular formula is C14H17N5O. The number of amides is 1. The lowest BCUT2D eigenvalue weighted by Crippen LogP contribution is -2.26. The van der Waals surface area contributed by atoms with Gasteiger partial charge in [0.1, 0.15) is 6.33 Å². The molecule has 1 N–H and O–H groups in total. The van der Waals surface area contributed by atoms with Crippen LogP contribution in [0.15, 0.2) is 24.5 Å². The SMILES string of the molecule is Cc1cc(C(=O)NC[C@H]2C[C@@H]2C)ccc1-n1cnnn1. The second kappa shape index (κ2) is 5.03. The van der Waals surface area contributed by atoms with Crippen molar-refractivity contribution in [1.82, 2.24) is 25.5 Å². The molecule has 0 radical (unpaired) electrons. The van der Waals surface area contributed by atoms with E-state index in [-0.39, 0.29) is 5.91 Å². The monoisotopic (exact) mass is 271 g/mol. The van der Waals surface area contributed by atoms with Gasteiger partial charge < -0.3 is 5.32 Å². The quantitative estimate of drug-likeness (QED) is 0.911. The average molecular weight is 271 g/mol. The van der Waals surface area contributed by atoms with Gasteiger partial charge in [-0.1, -0.05) is 6.92 Å². The molecule has 0 bridgehead atoms. The van der Waals surface area contributed by atoms with E-state index in [9.17, 15) is 4.79 Å². The van der Waals surface area contributed by atoms with Gasteiger partial charge in [0.15, 0.2) is 0 Å². The summed E-state index contributed by atoms with van der Waals surface area (Å²) in [5.74, 6) is 1.38. The predicted molar refractivity (Wildman–Crippen MR) is 73.5 cm³/mol. The molecule has 104 valence electrons. The first-order chi connectivity index (χ1) is 9.65. The first kappa shape index (κ1) is 12.8. The number of nitrogens with one attached hydrogen (secondary N) is 1. The van der Waals surface area contributed by atoms with E-state index in [2.05, 4.69) is 27.8 Å². The Morgan fingerprint density at radius 3 is 2.90 bits per heavy atom. The highest BCUT2D eigenvalue weighted by Crippen LogP contribution is 2.36. The van der Waals surface area contributed by atoms with Crippen LogP contribution in [0.1, 0.15) is 29.3 Å². The molecule has 6 nitrogen and oxygen atoms in total. The normalized spacial score (nSPS) is 20.7. The third-order valence-electron chi connectivity index (χ3n) is 3.86. The molecule has 1 aliphatic rings. The molecule has 6 heteroatoms. The van der Waals surface area contributed by atoms with Crippen molar-refractivity contribution in [3.05, 3.63) is 35.7 Å². The Morgan fingerprint density at radius 1 is 1.50 bits per heavy atom. The van der Waals surface area contributed by atoms with E-state index in [4.69, 9.17) is 0 Å². The number of carbonyl (C=O) groups is 1. The molecule has 3 rings (SSSR count). The standard InChI is InChI=1S/C14H17N5O/c1-9-5-12(9)7-15-14(20)11-3-4-13(10(2)6-11)19-8-16-17-18-19/h3-4,6,8-9,12H,5,7H2,1-2H3,(H,15,20)/t9-,12+/m0/s1. The van der Waals surface area contributed by atoms with Gasteiger partial charge in [0, 0.05) is 12.1 Å². The molecule has 20 heavy (non-hydrogen) atoms. The number of aromatic nitrogens is 4. The molecule has 0 saturated heterocycles. The largest absolute Gasteiger partial charge is 0.352 e. The third kappa shape index (κ3) is 2.54. The van der Waals surface area contributed by atoms with E-state index in [0.717, 1.165) is 23.7 Å². The minimum absolute atomic E-state index is 0.0181. The molecule has 2 atom stereocenters. The molecule has 1 aromatic heterocycles. The minimum atomic E-state index is -0.0181. The van der Waals surface area contributed by atoms with Crippen LogP contribution in [0.3, 0.4) is 0 Å². The van der Waals surface area contributed by atoms with Gasteiger partial charge in [-0.3, -0.25) is 4.79 Å². The molecule has 1 aliphatic carbocycles. The Hall–Kier alpha value is -2.24. The first-order valence-corrected chi connectivity index (χ1v) is 6.77. The van der Waals surface area contributed by atoms with Crippen molar-refractivity contribution in [2.45, 2.75) is 20.3 Å². The van der Waals surface area contributed by atoms with Crippen LogP contribution in [0, 0.1) is 18.8 Å². The highest BCUT2D eigenvalue weighted by atomic mass is 16.1. The fourth-order valence-electron chi connectivity index (χ4n) is 2.33. The Labute approximate surface area is 117 Å². The number of hydrogen-bond acceptors (Lipinski definition) is 4. The van der Waals surface area contributed by atoms with Crippen molar-refractivity contribution in [2.75, 3.05) is 6.54 Å². The van der Waals surface area contributed by atoms with E-state index >= 15 is 0 Å². The number of hydrogen-bond donors (Lipinski definition) is 1. The highest BCUT2D eigenvalue weighted by Gasteiger charge is 2.32. The Kier molecular flexibility index (Phi) is 3.22. The fraction of sp³-hybridized carbons (Fsp3) is 0.429. The lowest BCUT2D eigenvalue weighted by Gasteiger charge is -2.08. The van der Waals surface area contributed by atoms with Gasteiger partial charge in [-0.25, -0.2) is 4.68 Å². The van der Waals surface area contributed by atoms with Crippen molar-refractivity contribution < 1.29 is 4.79 Å². The van der Waals surface area contributed by atoms with Crippen LogP contribution in [0.25, 0.3) is 5.69 Å². The van der Waals surface area contributed by atoms with E-state index < -0.39 is 0 Å². The van der Waals surface area contributed by atoms with Gasteiger partial charge in [0.2, 0.25) is 0 Å². The molecule has 1 saturated carbocycles. The summed E-state index contributed by atoms with van der Waals surface area (Å²) in [6.45, 7) is 4.92. The number of carbonyl (C=O) groups excluding carboxylic acids is 1. The van der Waals surface area contributed by atoms with E-state index in [1.54, 1.807) is 10.7 Å². The summed E-state index contributed by atoms with van der Waals surface area (Å²) in [5.41, 5.74) is 2.51. The lowest BCUT2D eigenvalue weighted by atomic mass is 10.1. The molecule has 0 aliphatic heterocycles. The number of aryl methyl sites for hydroxylation is 1. The Bertz CT molecular complexity index is 622. The maximum atomic E-state index is 12.1. The predicted octanol–water partition coefficient (Wildman–Crippen LogP) is 1.36. The summed E-state index contributed by atoms with van der Waals surface area (Å²) in [5, 5.41) is 14.1. The summed E-state index contributed by atoms with van der Waals surface area (Å²) in [6.07, 6.45) is 2.76. The number of benzene rings is 1. The molecular weight excluding hydrogens is 254 g/mol. The lowest BCUT2D eigenvalue weighted by molar-refractivity contribution is 0.0951. The van der Waals surface area contributed by atoms with Crippen molar-refractivity contribution in [1.29, 1.82) is 0 Å². The Balaban J connectivity index is 1.71. The van der Waals surface area contributed by atoms with Gasteiger partial charge in [-0.15, -0.1) is 5.10 Å². The summed E-state index contributed by atoms with van der Waals surface area (Å²) in [4.78, 5) is 12.1. The summed E-state index contributed by atoms with van der Waals surface area (Å²) in [6, 6.07) is 5.53. The molecule has 1 heterocycles. The van der Waals surface area contributed by atoms with Gasteiger partial charge in [-0.05, 0) is 59.4 Å². The van der Waals surface area contributed by atoms with Crippen LogP contribution in [-0.2, 0) is 0 Å². The molecule has 1 amide bonds. The van der Waals surface area contributed by atoms with Crippen molar-refractivity contribution in [2.24, 2.45) is 11.8 Å². The van der Waals surface area contributed by atoms with E-state index in [0.29, 0.717) is 11.5 Å². The maximum Gasteiger partial charge on any atom is 0.251 e. The van der Waals surface area contributed by atoms with Gasteiger partial charge in [0.25, 0.3) is 5.91 Å². The zero-order chi connectivity index (χ0) is 14.1. The minimum Gasteiger partial charge on any atom is -0.352 e. The van der Waals surface area contributed by atoms with Crippen LogP contribution in [0.2, 0.25) is 0 Å². The van der Waals surface area contributed by atoms with Gasteiger partial charge in [-0.2, -0.15) is 0 Å². The number of tetrazole rings is 1. The van der Waals surface area contributed by atoms with Crippen LogP contribution >= 0.6 is 0 Å². The summed E-state index contributed by atoms with van der Waals surface area (Å²) in [7, 11) is 0. The second-order valence-corrected chi connectivity index (χ2v) is 5.44. The van der Waals surface area contributed by atoms with E-state index in [1.807, 2.05) is 19.1 Å². The highest BCUT2D eigenvalue weighted by molar-refractivity contribution is 5.94. The summed E-state index contributed by atoms with van der Waals surface area (Å²) < 4.78 is 1.59. The summed E-state index contributed by atoms with van der Waals surface area (Å²) >= 11 is 0. The van der Waals surface area contributed by atoms with Gasteiger partial charge >= 0.3 is 0 Å². The van der Waals surface area contributed by atoms with Crippen molar-refractivity contribution in [3.8, 4) is 5.69 Å². The van der Waals surface area contributed by atoms with Crippen LogP contribution in [0.4, 0.5) is 0 Å². The zero-order valence-electron chi connectivity index (χ0n) is 11.6. The maximum absolute atomic E-state index is 12.1. The van der Waals surface area contributed by atoms with Crippen molar-refractivity contribution >= 4 is 5.91 Å². The molecule has 1 aromatic carbocycles. The van der Waals surface area contributed by atoms with E-state index in [1.165, 1.54) is 12.7 Å². The molecule has 0 unspecified atom stereocenters. The fourth-order valence-corrected chi connectivity index (χ4v) is 2.33. The topological polar surface area (TPSA) is 72.7 Å². The van der Waals surface area contributed by atoms with Gasteiger partial charge in [0.05, 0.1) is 5.69 Å². The van der Waals surface area contributed by atoms with Crippen LogP contribution < -0.4 is 5.32 Å². The second-order valence-electron chi connectivity index (χ2n) is 5.44. The number of rotatable bonds is 4. The zero-order valence-corrected chi connectivity index (χ0v) is 11.6. The molecule has 2 aromatic rings. The molecule has 0 spiro atoms. The van der Waals surface area contributed by atoms with Crippen LogP contribution in [-0.4, -0.2) is 32.7 Å². The van der Waals surface area contributed by atoms with Crippen LogP contribution in [0.5, 0.6) is 0 Å². The number of nitrogens with zero attached hydrogens (tertiary/aromatic N) is 4. The smallest absolute Gasteiger partial charge is 0.251 e. The average Bonchev–Trinajstić information content (AvgIpc) is 2.92. The third-order valence-corrected chi connectivity index (χ3v) is 3.86. The molecule has 1 fully saturated rings. The first-order valence-electron chi connectivity index (χ1n) is 6.77. The van der Waals surface area contributed by atoms with Crippen molar-refractivity contribution in [3.63, 3.8) is 0 Å².